The molecule has 7 nitrogen and oxygen atoms in total. The number of morpholine rings is 1. The number of anilines is 2. The first-order valence-electron chi connectivity index (χ1n) is 10.4. The minimum atomic E-state index is -0.286. The summed E-state index contributed by atoms with van der Waals surface area (Å²) < 4.78 is 21.3. The van der Waals surface area contributed by atoms with Gasteiger partial charge in [-0.25, -0.2) is 14.4 Å². The molecule has 0 bridgehead atoms. The second kappa shape index (κ2) is 7.46. The van der Waals surface area contributed by atoms with E-state index in [0.717, 1.165) is 36.0 Å². The number of ether oxygens (including phenoxy) is 1. The predicted octanol–water partition coefficient (Wildman–Crippen LogP) is 3.58. The van der Waals surface area contributed by atoms with Crippen LogP contribution in [-0.2, 0) is 16.7 Å². The highest BCUT2D eigenvalue weighted by atomic mass is 19.1. The topological polar surface area (TPSA) is 68.1 Å². The number of hydrogen-bond acceptors (Lipinski definition) is 6. The lowest BCUT2D eigenvalue weighted by molar-refractivity contribution is 0.122. The fourth-order valence-corrected chi connectivity index (χ4v) is 4.05. The van der Waals surface area contributed by atoms with Crippen molar-refractivity contribution in [3.8, 4) is 11.5 Å². The van der Waals surface area contributed by atoms with E-state index >= 15 is 0 Å². The molecular weight excluding hydrogens is 395 g/mol. The average molecular weight is 420 g/mol. The monoisotopic (exact) mass is 420 g/mol. The molecule has 1 N–H and O–H groups in total. The van der Waals surface area contributed by atoms with Crippen LogP contribution in [0.5, 0.6) is 0 Å². The SMILES string of the molecule is C=C1Nc2nc(-c3ccn(Cc4ccccc4F)n3)nc(N3CCOCC3)c2C1(C)C. The summed E-state index contributed by atoms with van der Waals surface area (Å²) in [6.07, 6.45) is 1.82. The zero-order valence-electron chi connectivity index (χ0n) is 17.7. The normalized spacial score (nSPS) is 17.5. The van der Waals surface area contributed by atoms with Crippen LogP contribution in [0.15, 0.2) is 48.8 Å². The van der Waals surface area contributed by atoms with E-state index in [0.29, 0.717) is 36.8 Å². The molecule has 0 saturated carbocycles. The molecule has 0 radical (unpaired) electrons. The number of hydrogen-bond donors (Lipinski definition) is 1. The molecule has 8 heteroatoms. The first kappa shape index (κ1) is 19.7. The van der Waals surface area contributed by atoms with Crippen LogP contribution >= 0.6 is 0 Å². The third kappa shape index (κ3) is 3.46. The Labute approximate surface area is 180 Å². The van der Waals surface area contributed by atoms with Crippen molar-refractivity contribution in [2.45, 2.75) is 25.8 Å². The number of nitrogens with zero attached hydrogens (tertiary/aromatic N) is 5. The lowest BCUT2D eigenvalue weighted by Gasteiger charge is -2.32. The minimum absolute atomic E-state index is 0.243. The molecule has 160 valence electrons. The maximum absolute atomic E-state index is 14.0. The second-order valence-electron chi connectivity index (χ2n) is 8.41. The van der Waals surface area contributed by atoms with Crippen LogP contribution in [0.2, 0.25) is 0 Å². The van der Waals surface area contributed by atoms with Gasteiger partial charge >= 0.3 is 0 Å². The number of benzene rings is 1. The lowest BCUT2D eigenvalue weighted by Crippen LogP contribution is -2.38. The molecule has 4 heterocycles. The Bertz CT molecular complexity index is 1150. The minimum Gasteiger partial charge on any atom is -0.378 e. The molecule has 2 aromatic heterocycles. The van der Waals surface area contributed by atoms with E-state index in [1.165, 1.54) is 6.07 Å². The van der Waals surface area contributed by atoms with E-state index in [-0.39, 0.29) is 11.2 Å². The van der Waals surface area contributed by atoms with Crippen molar-refractivity contribution in [1.29, 1.82) is 0 Å². The Morgan fingerprint density at radius 3 is 2.71 bits per heavy atom. The molecule has 1 aromatic carbocycles. The van der Waals surface area contributed by atoms with Gasteiger partial charge in [-0.2, -0.15) is 5.10 Å². The van der Waals surface area contributed by atoms with Gasteiger partial charge in [-0.3, -0.25) is 4.68 Å². The quantitative estimate of drug-likeness (QED) is 0.696. The second-order valence-corrected chi connectivity index (χ2v) is 8.41. The molecule has 2 aliphatic heterocycles. The first-order valence-corrected chi connectivity index (χ1v) is 10.4. The zero-order chi connectivity index (χ0) is 21.6. The standard InChI is InChI=1S/C23H25FN6O/c1-15-23(2,3)19-21(25-15)26-20(27-22(19)29-10-12-31-13-11-29)18-8-9-30(28-18)14-16-6-4-5-7-17(16)24/h4-9H,1,10-14H2,2-3H3,(H,25,26,27). The molecule has 3 aromatic rings. The van der Waals surface area contributed by atoms with Crippen molar-refractivity contribution in [2.75, 3.05) is 36.5 Å². The Morgan fingerprint density at radius 1 is 1.16 bits per heavy atom. The zero-order valence-corrected chi connectivity index (χ0v) is 17.7. The summed E-state index contributed by atoms with van der Waals surface area (Å²) in [5, 5.41) is 7.96. The van der Waals surface area contributed by atoms with Gasteiger partial charge in [0.2, 0.25) is 0 Å². The summed E-state index contributed by atoms with van der Waals surface area (Å²) in [7, 11) is 0. The number of nitrogens with one attached hydrogen (secondary N) is 1. The molecule has 0 spiro atoms. The van der Waals surface area contributed by atoms with Gasteiger partial charge in [0, 0.05) is 41.5 Å². The van der Waals surface area contributed by atoms with Crippen LogP contribution < -0.4 is 10.2 Å². The predicted molar refractivity (Wildman–Crippen MR) is 118 cm³/mol. The van der Waals surface area contributed by atoms with Gasteiger partial charge in [-0.05, 0) is 26.0 Å². The summed E-state index contributed by atoms with van der Waals surface area (Å²) in [6.45, 7) is 11.7. The van der Waals surface area contributed by atoms with Crippen molar-refractivity contribution in [3.63, 3.8) is 0 Å². The van der Waals surface area contributed by atoms with Gasteiger partial charge in [0.05, 0.1) is 19.8 Å². The third-order valence-electron chi connectivity index (χ3n) is 6.01. The molecule has 2 aliphatic rings. The van der Waals surface area contributed by atoms with Gasteiger partial charge in [-0.1, -0.05) is 24.8 Å². The fourth-order valence-electron chi connectivity index (χ4n) is 4.05. The van der Waals surface area contributed by atoms with Crippen LogP contribution in [0.3, 0.4) is 0 Å². The summed E-state index contributed by atoms with van der Waals surface area (Å²) >= 11 is 0. The molecule has 0 aliphatic carbocycles. The summed E-state index contributed by atoms with van der Waals surface area (Å²) in [6, 6.07) is 8.58. The van der Waals surface area contributed by atoms with Crippen LogP contribution in [-0.4, -0.2) is 46.1 Å². The van der Waals surface area contributed by atoms with Crippen molar-refractivity contribution in [3.05, 3.63) is 65.7 Å². The molecule has 0 atom stereocenters. The highest BCUT2D eigenvalue weighted by molar-refractivity contribution is 5.74. The Hall–Kier alpha value is -3.26. The molecule has 31 heavy (non-hydrogen) atoms. The fraction of sp³-hybridized carbons (Fsp3) is 0.348. The van der Waals surface area contributed by atoms with Crippen molar-refractivity contribution >= 4 is 11.6 Å². The Balaban J connectivity index is 1.54. The van der Waals surface area contributed by atoms with E-state index in [9.17, 15) is 4.39 Å². The molecular formula is C23H25FN6O. The van der Waals surface area contributed by atoms with Crippen molar-refractivity contribution in [2.24, 2.45) is 0 Å². The average Bonchev–Trinajstić information content (AvgIpc) is 3.32. The van der Waals surface area contributed by atoms with E-state index in [1.807, 2.05) is 18.3 Å². The number of aromatic nitrogens is 4. The number of rotatable bonds is 4. The number of allylic oxidation sites excluding steroid dienone is 1. The molecule has 5 rings (SSSR count). The van der Waals surface area contributed by atoms with Gasteiger partial charge < -0.3 is 15.0 Å². The summed E-state index contributed by atoms with van der Waals surface area (Å²) in [5.41, 5.74) is 2.89. The largest absolute Gasteiger partial charge is 0.378 e. The first-order chi connectivity index (χ1) is 14.9. The smallest absolute Gasteiger partial charge is 0.184 e. The van der Waals surface area contributed by atoms with Crippen molar-refractivity contribution < 1.29 is 9.13 Å². The maximum Gasteiger partial charge on any atom is 0.184 e. The lowest BCUT2D eigenvalue weighted by atomic mass is 9.85. The van der Waals surface area contributed by atoms with Crippen molar-refractivity contribution in [1.82, 2.24) is 19.7 Å². The van der Waals surface area contributed by atoms with E-state index in [4.69, 9.17) is 14.7 Å². The highest BCUT2D eigenvalue weighted by Crippen LogP contribution is 2.46. The molecule has 0 amide bonds. The highest BCUT2D eigenvalue weighted by Gasteiger charge is 2.40. The number of halogens is 1. The molecule has 0 unspecified atom stereocenters. The van der Waals surface area contributed by atoms with Gasteiger partial charge in [0.1, 0.15) is 23.1 Å². The Kier molecular flexibility index (Phi) is 4.74. The van der Waals surface area contributed by atoms with Crippen LogP contribution in [0.25, 0.3) is 11.5 Å². The van der Waals surface area contributed by atoms with Gasteiger partial charge in [0.25, 0.3) is 0 Å². The summed E-state index contributed by atoms with van der Waals surface area (Å²) in [5.74, 6) is 1.95. The Morgan fingerprint density at radius 2 is 1.94 bits per heavy atom. The van der Waals surface area contributed by atoms with E-state index < -0.39 is 0 Å². The number of fused-ring (bicyclic) bond motifs is 1. The van der Waals surface area contributed by atoms with Crippen LogP contribution in [0, 0.1) is 5.82 Å². The third-order valence-corrected chi connectivity index (χ3v) is 6.01. The van der Waals surface area contributed by atoms with Gasteiger partial charge in [0.15, 0.2) is 5.82 Å². The van der Waals surface area contributed by atoms with Crippen LogP contribution in [0.4, 0.5) is 16.0 Å². The van der Waals surface area contributed by atoms with E-state index in [2.05, 4.69) is 35.7 Å². The van der Waals surface area contributed by atoms with Gasteiger partial charge in [-0.15, -0.1) is 0 Å². The van der Waals surface area contributed by atoms with E-state index in [1.54, 1.807) is 16.8 Å². The molecule has 1 saturated heterocycles. The molecule has 1 fully saturated rings. The van der Waals surface area contributed by atoms with Crippen LogP contribution in [0.1, 0.15) is 25.0 Å². The summed E-state index contributed by atoms with van der Waals surface area (Å²) in [4.78, 5) is 11.9. The maximum atomic E-state index is 14.0.